The highest BCUT2D eigenvalue weighted by Gasteiger charge is 2.28. The molecule has 0 aliphatic heterocycles. The lowest BCUT2D eigenvalue weighted by atomic mass is 10.1. The predicted molar refractivity (Wildman–Crippen MR) is 90.2 cm³/mol. The predicted octanol–water partition coefficient (Wildman–Crippen LogP) is 1.59. The number of carbonyl (C=O) groups is 2. The van der Waals surface area contributed by atoms with Crippen molar-refractivity contribution in [2.45, 2.75) is 0 Å². The smallest absolute Gasteiger partial charge is 0.283 e. The monoisotopic (exact) mass is 351 g/mol. The maximum absolute atomic E-state index is 12.8. The van der Waals surface area contributed by atoms with Gasteiger partial charge >= 0.3 is 0 Å². The number of aromatic nitrogens is 3. The lowest BCUT2D eigenvalue weighted by Crippen LogP contribution is -2.42. The Kier molecular flexibility index (Phi) is 4.70. The fourth-order valence-electron chi connectivity index (χ4n) is 2.14. The number of phenols is 2. The van der Waals surface area contributed by atoms with Crippen LogP contribution < -0.4 is 5.43 Å². The van der Waals surface area contributed by atoms with Crippen LogP contribution in [-0.2, 0) is 0 Å². The van der Waals surface area contributed by atoms with Crippen molar-refractivity contribution in [3.63, 3.8) is 0 Å². The summed E-state index contributed by atoms with van der Waals surface area (Å²) >= 11 is 0. The molecule has 0 saturated carbocycles. The molecule has 0 aliphatic rings. The molecule has 0 spiro atoms. The average molecular weight is 351 g/mol. The van der Waals surface area contributed by atoms with E-state index in [1.165, 1.54) is 36.9 Å². The van der Waals surface area contributed by atoms with Gasteiger partial charge in [0.25, 0.3) is 11.8 Å². The molecule has 1 aromatic heterocycles. The van der Waals surface area contributed by atoms with E-state index in [4.69, 9.17) is 0 Å². The number of nitrogens with one attached hydrogen (secondary N) is 1. The van der Waals surface area contributed by atoms with E-state index < -0.39 is 11.8 Å². The first-order valence-electron chi connectivity index (χ1n) is 7.41. The van der Waals surface area contributed by atoms with Crippen molar-refractivity contribution < 1.29 is 19.8 Å². The molecule has 3 aromatic rings. The highest BCUT2D eigenvalue weighted by molar-refractivity contribution is 6.12. The van der Waals surface area contributed by atoms with Gasteiger partial charge < -0.3 is 10.2 Å². The molecule has 0 radical (unpaired) electrons. The van der Waals surface area contributed by atoms with Crippen molar-refractivity contribution in [2.24, 2.45) is 0 Å². The number of aromatic hydroxyl groups is 2. The Morgan fingerprint density at radius 3 is 1.73 bits per heavy atom. The minimum atomic E-state index is -0.850. The number of imide groups is 1. The zero-order valence-corrected chi connectivity index (χ0v) is 13.3. The average Bonchev–Trinajstić information content (AvgIpc) is 2.67. The molecule has 0 aliphatic carbocycles. The van der Waals surface area contributed by atoms with Gasteiger partial charge in [-0.25, -0.2) is 4.98 Å². The molecule has 9 heteroatoms. The lowest BCUT2D eigenvalue weighted by Gasteiger charge is -2.22. The van der Waals surface area contributed by atoms with E-state index in [2.05, 4.69) is 20.4 Å². The van der Waals surface area contributed by atoms with Gasteiger partial charge in [0.1, 0.15) is 24.2 Å². The van der Waals surface area contributed by atoms with Crippen molar-refractivity contribution in [3.05, 3.63) is 72.3 Å². The van der Waals surface area contributed by atoms with Crippen molar-refractivity contribution in [2.75, 3.05) is 5.43 Å². The number of hydrazine groups is 1. The molecule has 0 saturated heterocycles. The lowest BCUT2D eigenvalue weighted by molar-refractivity contribution is 0.0649. The normalized spacial score (nSPS) is 10.2. The SMILES string of the molecule is O=C(c1ccccc1O)N(Nc1ncncn1)C(=O)c1ccccc1O. The minimum absolute atomic E-state index is 0.0625. The number of rotatable bonds is 4. The standard InChI is InChI=1S/C17H13N5O4/c23-13-7-3-1-5-11(13)15(25)22(21-17-19-9-18-10-20-17)16(26)12-6-2-4-8-14(12)24/h1-10,23-24H,(H,18,19,20,21). The van der Waals surface area contributed by atoms with Crippen LogP contribution in [0.2, 0.25) is 0 Å². The first-order chi connectivity index (χ1) is 12.6. The number of carbonyl (C=O) groups excluding carboxylic acids is 2. The number of phenolic OH excluding ortho intramolecular Hbond substituents is 2. The number of anilines is 1. The van der Waals surface area contributed by atoms with Crippen LogP contribution in [-0.4, -0.2) is 42.0 Å². The number of para-hydroxylation sites is 2. The van der Waals surface area contributed by atoms with Gasteiger partial charge in [-0.15, -0.1) is 0 Å². The molecule has 0 fully saturated rings. The second-order valence-electron chi connectivity index (χ2n) is 5.05. The maximum Gasteiger partial charge on any atom is 0.283 e. The molecular weight excluding hydrogens is 338 g/mol. The number of benzene rings is 2. The Bertz CT molecular complexity index is 891. The van der Waals surface area contributed by atoms with Crippen LogP contribution in [0, 0.1) is 0 Å². The third kappa shape index (κ3) is 3.41. The quantitative estimate of drug-likeness (QED) is 0.477. The summed E-state index contributed by atoms with van der Waals surface area (Å²) in [6, 6.07) is 11.5. The zero-order chi connectivity index (χ0) is 18.5. The first kappa shape index (κ1) is 16.8. The summed E-state index contributed by atoms with van der Waals surface area (Å²) in [7, 11) is 0. The largest absolute Gasteiger partial charge is 0.507 e. The molecule has 2 aromatic carbocycles. The molecule has 3 N–H and O–H groups in total. The van der Waals surface area contributed by atoms with Gasteiger partial charge in [0.15, 0.2) is 0 Å². The highest BCUT2D eigenvalue weighted by Crippen LogP contribution is 2.22. The summed E-state index contributed by atoms with van der Waals surface area (Å²) in [5.74, 6) is -2.36. The van der Waals surface area contributed by atoms with Crippen molar-refractivity contribution >= 4 is 17.8 Å². The van der Waals surface area contributed by atoms with Crippen LogP contribution in [0.5, 0.6) is 11.5 Å². The summed E-state index contributed by atoms with van der Waals surface area (Å²) in [6.45, 7) is 0. The summed E-state index contributed by atoms with van der Waals surface area (Å²) in [5, 5.41) is 20.5. The Labute approximate surface area is 147 Å². The molecule has 0 unspecified atom stereocenters. The van der Waals surface area contributed by atoms with Crippen LogP contribution in [0.15, 0.2) is 61.2 Å². The van der Waals surface area contributed by atoms with Crippen LogP contribution in [0.25, 0.3) is 0 Å². The number of hydrogen-bond acceptors (Lipinski definition) is 8. The maximum atomic E-state index is 12.8. The molecule has 130 valence electrons. The van der Waals surface area contributed by atoms with Crippen molar-refractivity contribution in [1.29, 1.82) is 0 Å². The van der Waals surface area contributed by atoms with Crippen LogP contribution in [0.4, 0.5) is 5.95 Å². The molecule has 3 rings (SSSR count). The van der Waals surface area contributed by atoms with Crippen LogP contribution in [0.3, 0.4) is 0 Å². The topological polar surface area (TPSA) is 129 Å². The fourth-order valence-corrected chi connectivity index (χ4v) is 2.14. The van der Waals surface area contributed by atoms with Gasteiger partial charge in [0.2, 0.25) is 5.95 Å². The van der Waals surface area contributed by atoms with Gasteiger partial charge in [0, 0.05) is 0 Å². The summed E-state index contributed by atoms with van der Waals surface area (Å²) in [4.78, 5) is 36.9. The van der Waals surface area contributed by atoms with Gasteiger partial charge in [0.05, 0.1) is 11.1 Å². The number of amides is 2. The summed E-state index contributed by atoms with van der Waals surface area (Å²) in [6.07, 6.45) is 2.37. The Hall–Kier alpha value is -4.01. The Morgan fingerprint density at radius 2 is 1.27 bits per heavy atom. The third-order valence-corrected chi connectivity index (χ3v) is 3.38. The Morgan fingerprint density at radius 1 is 0.808 bits per heavy atom. The molecule has 9 nitrogen and oxygen atoms in total. The van der Waals surface area contributed by atoms with E-state index in [1.54, 1.807) is 24.3 Å². The molecular formula is C17H13N5O4. The van der Waals surface area contributed by atoms with Crippen LogP contribution in [0.1, 0.15) is 20.7 Å². The molecule has 26 heavy (non-hydrogen) atoms. The van der Waals surface area contributed by atoms with E-state index in [9.17, 15) is 19.8 Å². The van der Waals surface area contributed by atoms with E-state index in [1.807, 2.05) is 0 Å². The van der Waals surface area contributed by atoms with E-state index in [0.717, 1.165) is 0 Å². The van der Waals surface area contributed by atoms with E-state index >= 15 is 0 Å². The molecule has 2 amide bonds. The number of hydrogen-bond donors (Lipinski definition) is 3. The first-order valence-corrected chi connectivity index (χ1v) is 7.41. The van der Waals surface area contributed by atoms with E-state index in [0.29, 0.717) is 5.01 Å². The summed E-state index contributed by atoms with van der Waals surface area (Å²) in [5.41, 5.74) is 2.25. The highest BCUT2D eigenvalue weighted by atomic mass is 16.3. The second-order valence-corrected chi connectivity index (χ2v) is 5.05. The van der Waals surface area contributed by atoms with Crippen molar-refractivity contribution in [3.8, 4) is 11.5 Å². The molecule has 0 bridgehead atoms. The van der Waals surface area contributed by atoms with E-state index in [-0.39, 0.29) is 28.6 Å². The summed E-state index contributed by atoms with van der Waals surface area (Å²) < 4.78 is 0. The Balaban J connectivity index is 2.02. The van der Waals surface area contributed by atoms with Gasteiger partial charge in [-0.2, -0.15) is 15.0 Å². The third-order valence-electron chi connectivity index (χ3n) is 3.38. The molecule has 0 atom stereocenters. The van der Waals surface area contributed by atoms with Gasteiger partial charge in [-0.05, 0) is 24.3 Å². The zero-order valence-electron chi connectivity index (χ0n) is 13.3. The second kappa shape index (κ2) is 7.26. The van der Waals surface area contributed by atoms with Gasteiger partial charge in [-0.3, -0.25) is 15.0 Å². The number of nitrogens with zero attached hydrogens (tertiary/aromatic N) is 4. The van der Waals surface area contributed by atoms with Crippen molar-refractivity contribution in [1.82, 2.24) is 20.0 Å². The van der Waals surface area contributed by atoms with Gasteiger partial charge in [-0.1, -0.05) is 24.3 Å². The van der Waals surface area contributed by atoms with Crippen LogP contribution >= 0.6 is 0 Å². The minimum Gasteiger partial charge on any atom is -0.507 e. The molecule has 1 heterocycles. The fraction of sp³-hybridized carbons (Fsp3) is 0.